The number of nitrogens with zero attached hydrogens (tertiary/aromatic N) is 5. The fourth-order valence-corrected chi connectivity index (χ4v) is 3.95. The average Bonchev–Trinajstić information content (AvgIpc) is 3.46. The number of rotatable bonds is 6. The standard InChI is InChI=1S/C23H26N6O2/c1-16-9-11-27-29(16)13-10-22(30)28-12-3-4-21(28)19-7-5-17(14-25-19)18-6-8-20(26-15-18)23(31)24-2/h5-9,11,14-15,21H,3-4,10,12-13H2,1-2H3,(H,24,31). The molecular weight excluding hydrogens is 392 g/mol. The van der Waals surface area contributed by atoms with Gasteiger partial charge in [0, 0.05) is 62.0 Å². The van der Waals surface area contributed by atoms with Crippen molar-refractivity contribution in [2.45, 2.75) is 38.8 Å². The molecule has 3 aromatic heterocycles. The number of hydrogen-bond acceptors (Lipinski definition) is 5. The Labute approximate surface area is 181 Å². The number of aryl methyl sites for hydroxylation is 2. The maximum absolute atomic E-state index is 12.9. The van der Waals surface area contributed by atoms with Gasteiger partial charge in [-0.1, -0.05) is 12.1 Å². The minimum atomic E-state index is -0.214. The summed E-state index contributed by atoms with van der Waals surface area (Å²) in [4.78, 5) is 35.3. The molecule has 1 unspecified atom stereocenters. The van der Waals surface area contributed by atoms with Crippen LogP contribution in [0.4, 0.5) is 0 Å². The van der Waals surface area contributed by atoms with Gasteiger partial charge in [0.05, 0.1) is 11.7 Å². The predicted molar refractivity (Wildman–Crippen MR) is 116 cm³/mol. The third kappa shape index (κ3) is 4.47. The minimum Gasteiger partial charge on any atom is -0.354 e. The van der Waals surface area contributed by atoms with Crippen molar-refractivity contribution in [3.63, 3.8) is 0 Å². The first kappa shape index (κ1) is 20.7. The second-order valence-electron chi connectivity index (χ2n) is 7.67. The van der Waals surface area contributed by atoms with Crippen LogP contribution in [0.2, 0.25) is 0 Å². The van der Waals surface area contributed by atoms with Crippen LogP contribution < -0.4 is 5.32 Å². The van der Waals surface area contributed by atoms with Gasteiger partial charge >= 0.3 is 0 Å². The lowest BCUT2D eigenvalue weighted by atomic mass is 10.1. The van der Waals surface area contributed by atoms with E-state index in [1.165, 1.54) is 0 Å². The van der Waals surface area contributed by atoms with E-state index >= 15 is 0 Å². The first-order valence-corrected chi connectivity index (χ1v) is 10.5. The number of nitrogens with one attached hydrogen (secondary N) is 1. The van der Waals surface area contributed by atoms with E-state index < -0.39 is 0 Å². The summed E-state index contributed by atoms with van der Waals surface area (Å²) in [7, 11) is 1.58. The molecule has 4 heterocycles. The molecule has 1 saturated heterocycles. The Hall–Kier alpha value is -3.55. The predicted octanol–water partition coefficient (Wildman–Crippen LogP) is 2.76. The maximum atomic E-state index is 12.9. The number of aromatic nitrogens is 4. The van der Waals surface area contributed by atoms with E-state index in [0.717, 1.165) is 41.9 Å². The number of pyridine rings is 2. The van der Waals surface area contributed by atoms with Crippen LogP contribution >= 0.6 is 0 Å². The number of likely N-dealkylation sites (tertiary alicyclic amines) is 1. The van der Waals surface area contributed by atoms with E-state index in [1.807, 2.05) is 40.8 Å². The molecule has 0 saturated carbocycles. The quantitative estimate of drug-likeness (QED) is 0.664. The lowest BCUT2D eigenvalue weighted by molar-refractivity contribution is -0.132. The SMILES string of the molecule is CNC(=O)c1ccc(-c2ccc(C3CCCN3C(=O)CCn3nccc3C)nc2)cn1. The first-order chi connectivity index (χ1) is 15.1. The van der Waals surface area contributed by atoms with Gasteiger partial charge in [0.2, 0.25) is 5.91 Å². The Morgan fingerprint density at radius 3 is 2.48 bits per heavy atom. The molecule has 1 aliphatic rings. The van der Waals surface area contributed by atoms with Crippen LogP contribution in [0.1, 0.15) is 47.2 Å². The van der Waals surface area contributed by atoms with Crippen molar-refractivity contribution in [2.24, 2.45) is 0 Å². The molecule has 0 radical (unpaired) electrons. The minimum absolute atomic E-state index is 0.00835. The van der Waals surface area contributed by atoms with E-state index in [4.69, 9.17) is 0 Å². The summed E-state index contributed by atoms with van der Waals surface area (Å²) >= 11 is 0. The van der Waals surface area contributed by atoms with Crippen LogP contribution in [0.5, 0.6) is 0 Å². The second-order valence-corrected chi connectivity index (χ2v) is 7.67. The van der Waals surface area contributed by atoms with Gasteiger partial charge in [0.25, 0.3) is 5.91 Å². The van der Waals surface area contributed by atoms with E-state index in [1.54, 1.807) is 31.7 Å². The molecule has 0 aromatic carbocycles. The normalized spacial score (nSPS) is 15.8. The highest BCUT2D eigenvalue weighted by atomic mass is 16.2. The summed E-state index contributed by atoms with van der Waals surface area (Å²) in [5.74, 6) is -0.0778. The third-order valence-electron chi connectivity index (χ3n) is 5.72. The molecule has 1 aliphatic heterocycles. The zero-order chi connectivity index (χ0) is 21.8. The van der Waals surface area contributed by atoms with E-state index in [9.17, 15) is 9.59 Å². The van der Waals surface area contributed by atoms with Gasteiger partial charge < -0.3 is 10.2 Å². The molecule has 160 valence electrons. The largest absolute Gasteiger partial charge is 0.354 e. The van der Waals surface area contributed by atoms with E-state index in [0.29, 0.717) is 18.7 Å². The first-order valence-electron chi connectivity index (χ1n) is 10.5. The lowest BCUT2D eigenvalue weighted by Crippen LogP contribution is -2.31. The van der Waals surface area contributed by atoms with Crippen molar-refractivity contribution in [1.29, 1.82) is 0 Å². The highest BCUT2D eigenvalue weighted by Crippen LogP contribution is 2.32. The Morgan fingerprint density at radius 2 is 1.87 bits per heavy atom. The van der Waals surface area contributed by atoms with Crippen LogP contribution in [0.15, 0.2) is 48.9 Å². The summed E-state index contributed by atoms with van der Waals surface area (Å²) in [6, 6.07) is 9.48. The monoisotopic (exact) mass is 418 g/mol. The van der Waals surface area contributed by atoms with Gasteiger partial charge in [0.15, 0.2) is 0 Å². The molecule has 8 nitrogen and oxygen atoms in total. The zero-order valence-corrected chi connectivity index (χ0v) is 17.8. The zero-order valence-electron chi connectivity index (χ0n) is 17.8. The summed E-state index contributed by atoms with van der Waals surface area (Å²) in [6.45, 7) is 3.34. The van der Waals surface area contributed by atoms with Crippen molar-refractivity contribution in [3.05, 3.63) is 66.0 Å². The molecule has 31 heavy (non-hydrogen) atoms. The van der Waals surface area contributed by atoms with E-state index in [2.05, 4.69) is 20.4 Å². The molecule has 1 atom stereocenters. The molecule has 4 rings (SSSR count). The molecule has 0 aliphatic carbocycles. The molecule has 0 bridgehead atoms. The second kappa shape index (κ2) is 9.07. The van der Waals surface area contributed by atoms with Crippen molar-refractivity contribution < 1.29 is 9.59 Å². The van der Waals surface area contributed by atoms with E-state index in [-0.39, 0.29) is 17.9 Å². The van der Waals surface area contributed by atoms with Gasteiger partial charge in [-0.2, -0.15) is 5.10 Å². The van der Waals surface area contributed by atoms with Crippen LogP contribution in [0, 0.1) is 6.92 Å². The van der Waals surface area contributed by atoms with Crippen LogP contribution in [-0.4, -0.2) is 50.1 Å². The fraction of sp³-hybridized carbons (Fsp3) is 0.348. The highest BCUT2D eigenvalue weighted by molar-refractivity contribution is 5.92. The molecule has 1 fully saturated rings. The number of carbonyl (C=O) groups is 2. The topological polar surface area (TPSA) is 93.0 Å². The third-order valence-corrected chi connectivity index (χ3v) is 5.72. The summed E-state index contributed by atoms with van der Waals surface area (Å²) < 4.78 is 1.86. The Kier molecular flexibility index (Phi) is 6.06. The molecule has 2 amide bonds. The fourth-order valence-electron chi connectivity index (χ4n) is 3.95. The van der Waals surface area contributed by atoms with Gasteiger partial charge in [-0.3, -0.25) is 24.2 Å². The van der Waals surface area contributed by atoms with Gasteiger partial charge in [0.1, 0.15) is 5.69 Å². The lowest BCUT2D eigenvalue weighted by Gasteiger charge is -2.24. The summed E-state index contributed by atoms with van der Waals surface area (Å²) in [5.41, 5.74) is 4.15. The molecular formula is C23H26N6O2. The highest BCUT2D eigenvalue weighted by Gasteiger charge is 2.30. The van der Waals surface area contributed by atoms with Gasteiger partial charge in [-0.15, -0.1) is 0 Å². The van der Waals surface area contributed by atoms with Crippen molar-refractivity contribution in [1.82, 2.24) is 30.0 Å². The Bertz CT molecular complexity index is 1060. The van der Waals surface area contributed by atoms with Crippen molar-refractivity contribution in [2.75, 3.05) is 13.6 Å². The van der Waals surface area contributed by atoms with Crippen LogP contribution in [0.25, 0.3) is 11.1 Å². The van der Waals surface area contributed by atoms with Crippen molar-refractivity contribution in [3.8, 4) is 11.1 Å². The molecule has 3 aromatic rings. The van der Waals surface area contributed by atoms with Gasteiger partial charge in [-0.25, -0.2) is 0 Å². The van der Waals surface area contributed by atoms with Crippen LogP contribution in [-0.2, 0) is 11.3 Å². The summed E-state index contributed by atoms with van der Waals surface area (Å²) in [6.07, 6.45) is 7.56. The number of amides is 2. The maximum Gasteiger partial charge on any atom is 0.269 e. The number of hydrogen-bond donors (Lipinski definition) is 1. The number of carbonyl (C=O) groups excluding carboxylic acids is 2. The molecule has 1 N–H and O–H groups in total. The van der Waals surface area contributed by atoms with Crippen LogP contribution in [0.3, 0.4) is 0 Å². The summed E-state index contributed by atoms with van der Waals surface area (Å²) in [5, 5.41) is 6.82. The smallest absolute Gasteiger partial charge is 0.269 e. The molecule has 8 heteroatoms. The average molecular weight is 419 g/mol. The molecule has 0 spiro atoms. The van der Waals surface area contributed by atoms with Gasteiger partial charge in [-0.05, 0) is 38.0 Å². The Morgan fingerprint density at radius 1 is 1.10 bits per heavy atom. The van der Waals surface area contributed by atoms with Crippen molar-refractivity contribution >= 4 is 11.8 Å². The Balaban J connectivity index is 1.43.